The second-order valence-corrected chi connectivity index (χ2v) is 5.26. The van der Waals surface area contributed by atoms with Gasteiger partial charge in [-0.25, -0.2) is 4.98 Å². The van der Waals surface area contributed by atoms with E-state index >= 15 is 0 Å². The first-order valence-corrected chi connectivity index (χ1v) is 7.79. The van der Waals surface area contributed by atoms with E-state index < -0.39 is 0 Å². The molecule has 0 aliphatic carbocycles. The molecule has 1 heterocycles. The van der Waals surface area contributed by atoms with E-state index in [-0.39, 0.29) is 5.91 Å². The number of nitrogens with zero attached hydrogens (tertiary/aromatic N) is 2. The Morgan fingerprint density at radius 2 is 1.75 bits per heavy atom. The van der Waals surface area contributed by atoms with Crippen LogP contribution in [0.4, 0.5) is 0 Å². The Kier molecular flexibility index (Phi) is 5.14. The number of benzene rings is 2. The monoisotopic (exact) mass is 318 g/mol. The lowest BCUT2D eigenvalue weighted by atomic mass is 10.2. The molecule has 3 aromatic rings. The van der Waals surface area contributed by atoms with Crippen LogP contribution in [0.5, 0.6) is 0 Å². The highest BCUT2D eigenvalue weighted by atomic mass is 16.1. The van der Waals surface area contributed by atoms with Gasteiger partial charge in [0, 0.05) is 24.6 Å². The quantitative estimate of drug-likeness (QED) is 0.687. The number of aromatic nitrogens is 3. The molecule has 0 radical (unpaired) electrons. The molecule has 0 aliphatic heterocycles. The summed E-state index contributed by atoms with van der Waals surface area (Å²) >= 11 is 0. The van der Waals surface area contributed by atoms with Crippen LogP contribution < -0.4 is 5.32 Å². The molecular weight excluding hydrogens is 300 g/mol. The second-order valence-electron chi connectivity index (χ2n) is 5.26. The third-order valence-electron chi connectivity index (χ3n) is 3.45. The first kappa shape index (κ1) is 15.7. The van der Waals surface area contributed by atoms with Crippen molar-refractivity contribution in [3.63, 3.8) is 0 Å². The molecule has 0 aliphatic rings. The minimum absolute atomic E-state index is 0.123. The van der Waals surface area contributed by atoms with E-state index in [1.54, 1.807) is 6.08 Å². The Balaban J connectivity index is 1.47. The number of hydrogen-bond donors (Lipinski definition) is 2. The fourth-order valence-electron chi connectivity index (χ4n) is 2.22. The molecule has 0 fully saturated rings. The molecule has 1 aromatic heterocycles. The van der Waals surface area contributed by atoms with Gasteiger partial charge < -0.3 is 5.32 Å². The van der Waals surface area contributed by atoms with Crippen LogP contribution in [0.25, 0.3) is 17.5 Å². The average Bonchev–Trinajstić information content (AvgIpc) is 3.11. The van der Waals surface area contributed by atoms with Gasteiger partial charge >= 0.3 is 0 Å². The Morgan fingerprint density at radius 3 is 2.50 bits per heavy atom. The van der Waals surface area contributed by atoms with Gasteiger partial charge in [-0.3, -0.25) is 9.89 Å². The van der Waals surface area contributed by atoms with E-state index in [4.69, 9.17) is 0 Å². The molecule has 2 aromatic carbocycles. The van der Waals surface area contributed by atoms with Gasteiger partial charge in [-0.05, 0) is 11.6 Å². The first-order valence-electron chi connectivity index (χ1n) is 7.79. The molecule has 120 valence electrons. The van der Waals surface area contributed by atoms with Crippen molar-refractivity contribution in [1.82, 2.24) is 20.5 Å². The Morgan fingerprint density at radius 1 is 1.04 bits per heavy atom. The molecule has 0 saturated heterocycles. The first-order chi connectivity index (χ1) is 11.8. The zero-order valence-electron chi connectivity index (χ0n) is 13.1. The van der Waals surface area contributed by atoms with Gasteiger partial charge in [0.1, 0.15) is 5.82 Å². The SMILES string of the molecule is O=C(/C=C/c1ccccc1)NCCc1nc(-c2ccccc2)n[nH]1. The van der Waals surface area contributed by atoms with Crippen molar-refractivity contribution in [3.8, 4) is 11.4 Å². The Bertz CT molecular complexity index is 810. The summed E-state index contributed by atoms with van der Waals surface area (Å²) in [6, 6.07) is 19.5. The number of carbonyl (C=O) groups excluding carboxylic acids is 1. The summed E-state index contributed by atoms with van der Waals surface area (Å²) in [4.78, 5) is 16.2. The number of amides is 1. The third kappa shape index (κ3) is 4.39. The van der Waals surface area contributed by atoms with Crippen molar-refractivity contribution in [2.45, 2.75) is 6.42 Å². The number of H-pyrrole nitrogens is 1. The Labute approximate surface area is 140 Å². The fraction of sp³-hybridized carbons (Fsp3) is 0.105. The van der Waals surface area contributed by atoms with E-state index in [1.807, 2.05) is 60.7 Å². The molecule has 0 unspecified atom stereocenters. The third-order valence-corrected chi connectivity index (χ3v) is 3.45. The lowest BCUT2D eigenvalue weighted by Crippen LogP contribution is -2.23. The summed E-state index contributed by atoms with van der Waals surface area (Å²) in [5.74, 6) is 1.30. The largest absolute Gasteiger partial charge is 0.352 e. The lowest BCUT2D eigenvalue weighted by Gasteiger charge is -1.99. The van der Waals surface area contributed by atoms with Crippen LogP contribution in [0.2, 0.25) is 0 Å². The van der Waals surface area contributed by atoms with Gasteiger partial charge in [-0.1, -0.05) is 60.7 Å². The van der Waals surface area contributed by atoms with E-state index in [2.05, 4.69) is 20.5 Å². The van der Waals surface area contributed by atoms with Crippen molar-refractivity contribution in [1.29, 1.82) is 0 Å². The maximum absolute atomic E-state index is 11.8. The van der Waals surface area contributed by atoms with Crippen molar-refractivity contribution in [2.75, 3.05) is 6.54 Å². The van der Waals surface area contributed by atoms with Gasteiger partial charge in [0.25, 0.3) is 0 Å². The van der Waals surface area contributed by atoms with Gasteiger partial charge in [0.15, 0.2) is 5.82 Å². The Hall–Kier alpha value is -3.21. The van der Waals surface area contributed by atoms with E-state index in [9.17, 15) is 4.79 Å². The lowest BCUT2D eigenvalue weighted by molar-refractivity contribution is -0.116. The summed E-state index contributed by atoms with van der Waals surface area (Å²) in [5.41, 5.74) is 1.96. The van der Waals surface area contributed by atoms with Crippen molar-refractivity contribution in [2.24, 2.45) is 0 Å². The summed E-state index contributed by atoms with van der Waals surface area (Å²) < 4.78 is 0. The van der Waals surface area contributed by atoms with E-state index in [0.29, 0.717) is 18.8 Å². The predicted molar refractivity (Wildman–Crippen MR) is 94.0 cm³/mol. The normalized spacial score (nSPS) is 10.8. The number of aromatic amines is 1. The van der Waals surface area contributed by atoms with E-state index in [1.165, 1.54) is 6.08 Å². The molecule has 3 rings (SSSR count). The molecule has 5 heteroatoms. The van der Waals surface area contributed by atoms with Crippen LogP contribution in [0.15, 0.2) is 66.7 Å². The van der Waals surface area contributed by atoms with E-state index in [0.717, 1.165) is 17.0 Å². The van der Waals surface area contributed by atoms with Gasteiger partial charge in [-0.15, -0.1) is 0 Å². The van der Waals surface area contributed by atoms with Crippen molar-refractivity contribution < 1.29 is 4.79 Å². The highest BCUT2D eigenvalue weighted by Crippen LogP contribution is 2.13. The molecular formula is C19H18N4O. The van der Waals surface area contributed by atoms with Crippen molar-refractivity contribution >= 4 is 12.0 Å². The van der Waals surface area contributed by atoms with Crippen LogP contribution in [-0.2, 0) is 11.2 Å². The molecule has 0 atom stereocenters. The molecule has 2 N–H and O–H groups in total. The summed E-state index contributed by atoms with van der Waals surface area (Å²) in [6.45, 7) is 0.501. The summed E-state index contributed by atoms with van der Waals surface area (Å²) in [5, 5.41) is 9.94. The van der Waals surface area contributed by atoms with Crippen LogP contribution >= 0.6 is 0 Å². The predicted octanol–water partition coefficient (Wildman–Crippen LogP) is 2.84. The number of nitrogens with one attached hydrogen (secondary N) is 2. The van der Waals surface area contributed by atoms with Gasteiger partial charge in [0.05, 0.1) is 0 Å². The highest BCUT2D eigenvalue weighted by molar-refractivity contribution is 5.91. The minimum atomic E-state index is -0.123. The molecule has 24 heavy (non-hydrogen) atoms. The van der Waals surface area contributed by atoms with Gasteiger partial charge in [0.2, 0.25) is 5.91 Å². The minimum Gasteiger partial charge on any atom is -0.352 e. The molecule has 0 bridgehead atoms. The number of rotatable bonds is 6. The van der Waals surface area contributed by atoms with Crippen LogP contribution in [0.1, 0.15) is 11.4 Å². The zero-order valence-corrected chi connectivity index (χ0v) is 13.1. The fourth-order valence-corrected chi connectivity index (χ4v) is 2.22. The maximum atomic E-state index is 11.8. The van der Waals surface area contributed by atoms with Crippen LogP contribution in [0.3, 0.4) is 0 Å². The smallest absolute Gasteiger partial charge is 0.244 e. The van der Waals surface area contributed by atoms with Crippen molar-refractivity contribution in [3.05, 3.63) is 78.1 Å². The summed E-state index contributed by atoms with van der Waals surface area (Å²) in [6.07, 6.45) is 3.92. The number of hydrogen-bond acceptors (Lipinski definition) is 3. The van der Waals surface area contributed by atoms with Crippen LogP contribution in [0, 0.1) is 0 Å². The second kappa shape index (κ2) is 7.87. The molecule has 0 saturated carbocycles. The number of carbonyl (C=O) groups is 1. The summed E-state index contributed by atoms with van der Waals surface area (Å²) in [7, 11) is 0. The molecule has 5 nitrogen and oxygen atoms in total. The van der Waals surface area contributed by atoms with Crippen LogP contribution in [-0.4, -0.2) is 27.6 Å². The standard InChI is InChI=1S/C19H18N4O/c24-18(12-11-15-7-3-1-4-8-15)20-14-13-17-21-19(23-22-17)16-9-5-2-6-10-16/h1-12H,13-14H2,(H,20,24)(H,21,22,23)/b12-11+. The zero-order chi connectivity index (χ0) is 16.6. The molecule has 1 amide bonds. The van der Waals surface area contributed by atoms with Gasteiger partial charge in [-0.2, -0.15) is 5.10 Å². The molecule has 0 spiro atoms. The topological polar surface area (TPSA) is 70.7 Å². The highest BCUT2D eigenvalue weighted by Gasteiger charge is 2.05. The maximum Gasteiger partial charge on any atom is 0.244 e. The average molecular weight is 318 g/mol.